The van der Waals surface area contributed by atoms with Crippen molar-refractivity contribution in [3.63, 3.8) is 0 Å². The van der Waals surface area contributed by atoms with E-state index in [9.17, 15) is 0 Å². The number of ether oxygens (including phenoxy) is 1. The summed E-state index contributed by atoms with van der Waals surface area (Å²) in [7, 11) is 4.42. The second kappa shape index (κ2) is 5.53. The Kier molecular flexibility index (Phi) is 5.02. The van der Waals surface area contributed by atoms with Crippen LogP contribution >= 0.6 is 0 Å². The van der Waals surface area contributed by atoms with Gasteiger partial charge < -0.3 is 9.16 Å². The molecule has 1 saturated heterocycles. The van der Waals surface area contributed by atoms with E-state index in [-0.39, 0.29) is 22.7 Å². The van der Waals surface area contributed by atoms with Gasteiger partial charge >= 0.3 is 0 Å². The molecule has 2 nitrogen and oxygen atoms in total. The van der Waals surface area contributed by atoms with E-state index in [0.717, 1.165) is 12.8 Å². The fraction of sp³-hybridized carbons (Fsp3) is 1.00. The van der Waals surface area contributed by atoms with Crippen molar-refractivity contribution in [1.82, 2.24) is 0 Å². The molecule has 0 aromatic rings. The maximum Gasteiger partial charge on any atom is 0.192 e. The van der Waals surface area contributed by atoms with Gasteiger partial charge in [-0.25, -0.2) is 0 Å². The molecule has 0 aromatic carbocycles. The summed E-state index contributed by atoms with van der Waals surface area (Å²) in [6, 6.07) is -0.288. The largest absolute Gasteiger partial charge is 0.412 e. The molecule has 19 heavy (non-hydrogen) atoms. The Bertz CT molecular complexity index is 308. The van der Waals surface area contributed by atoms with Crippen LogP contribution in [0.5, 0.6) is 0 Å². The number of hydrogen-bond acceptors (Lipinski definition) is 2. The van der Waals surface area contributed by atoms with E-state index in [1.165, 1.54) is 0 Å². The van der Waals surface area contributed by atoms with E-state index in [1.54, 1.807) is 0 Å². The fourth-order valence-electron chi connectivity index (χ4n) is 2.78. The molecular weight excluding hydrogens is 251 g/mol. The van der Waals surface area contributed by atoms with Gasteiger partial charge in [0.15, 0.2) is 8.32 Å². The Balaban J connectivity index is 2.91. The van der Waals surface area contributed by atoms with Crippen molar-refractivity contribution in [2.24, 2.45) is 5.92 Å². The molecule has 0 aromatic heterocycles. The van der Waals surface area contributed by atoms with Gasteiger partial charge in [-0.3, -0.25) is 0 Å². The van der Waals surface area contributed by atoms with E-state index in [2.05, 4.69) is 54.6 Å². The molecule has 1 unspecified atom stereocenters. The van der Waals surface area contributed by atoms with Crippen LogP contribution in [0.2, 0.25) is 18.1 Å². The summed E-state index contributed by atoms with van der Waals surface area (Å²) in [6.45, 7) is 17.9. The van der Waals surface area contributed by atoms with Crippen molar-refractivity contribution in [1.29, 1.82) is 0 Å². The molecule has 110 valence electrons. The summed E-state index contributed by atoms with van der Waals surface area (Å²) in [5.41, 5.74) is -0.105. The van der Waals surface area contributed by atoms with Crippen LogP contribution < -0.4 is 0 Å². The van der Waals surface area contributed by atoms with E-state index < -0.39 is 8.32 Å². The normalized spacial score (nSPS) is 31.7. The summed E-state index contributed by atoms with van der Waals surface area (Å²) in [6.07, 6.45) is 2.02. The molecule has 1 aliphatic heterocycles. The summed E-state index contributed by atoms with van der Waals surface area (Å²) in [5, 5.41) is 0.204. The third kappa shape index (κ3) is 3.11. The zero-order valence-corrected chi connectivity index (χ0v) is 15.0. The summed E-state index contributed by atoms with van der Waals surface area (Å²) in [5.74, 6) is 0.353. The first-order chi connectivity index (χ1) is 8.50. The summed E-state index contributed by atoms with van der Waals surface area (Å²) < 4.78 is 12.6. The average Bonchev–Trinajstić information content (AvgIpc) is 2.52. The van der Waals surface area contributed by atoms with Gasteiger partial charge in [0.25, 0.3) is 0 Å². The van der Waals surface area contributed by atoms with Gasteiger partial charge in [0.05, 0.1) is 11.7 Å². The standard InChI is InChI=1S/C15H31BO2Si/c1-9-15(10-2)11(3)12(13(16)17-15)18-19(7,8)14(4,5)6/h11-13H,9-10H2,1-8H3/t11?,12-,13+/m0/s1. The zero-order valence-electron chi connectivity index (χ0n) is 14.0. The molecule has 1 aliphatic rings. The van der Waals surface area contributed by atoms with Gasteiger partial charge in [-0.05, 0) is 31.0 Å². The van der Waals surface area contributed by atoms with Crippen LogP contribution in [-0.4, -0.2) is 33.9 Å². The van der Waals surface area contributed by atoms with Crippen molar-refractivity contribution in [2.75, 3.05) is 0 Å². The quantitative estimate of drug-likeness (QED) is 0.723. The van der Waals surface area contributed by atoms with Gasteiger partial charge in [0.2, 0.25) is 0 Å². The summed E-state index contributed by atoms with van der Waals surface area (Å²) in [4.78, 5) is 0. The topological polar surface area (TPSA) is 18.5 Å². The van der Waals surface area contributed by atoms with Gasteiger partial charge in [-0.15, -0.1) is 0 Å². The van der Waals surface area contributed by atoms with Crippen LogP contribution in [0.4, 0.5) is 0 Å². The molecule has 0 aliphatic carbocycles. The van der Waals surface area contributed by atoms with E-state index in [0.29, 0.717) is 5.92 Å². The second-order valence-electron chi connectivity index (χ2n) is 7.49. The van der Waals surface area contributed by atoms with Crippen LogP contribution in [0.1, 0.15) is 54.4 Å². The Morgan fingerprint density at radius 1 is 1.21 bits per heavy atom. The highest BCUT2D eigenvalue weighted by molar-refractivity contribution is 6.74. The van der Waals surface area contributed by atoms with Crippen molar-refractivity contribution in [3.8, 4) is 0 Å². The third-order valence-electron chi connectivity index (χ3n) is 5.45. The van der Waals surface area contributed by atoms with Crippen LogP contribution in [0.15, 0.2) is 0 Å². The average molecular weight is 282 g/mol. The lowest BCUT2D eigenvalue weighted by molar-refractivity contribution is -0.0374. The van der Waals surface area contributed by atoms with Crippen LogP contribution in [0.3, 0.4) is 0 Å². The molecule has 0 saturated carbocycles. The molecule has 1 rings (SSSR count). The lowest BCUT2D eigenvalue weighted by atomic mass is 9.80. The SMILES string of the molecule is [B][C@@H]1OC(CC)(CC)C(C)[C@@H]1O[Si](C)(C)C(C)(C)C. The number of hydrogen-bond donors (Lipinski definition) is 0. The van der Waals surface area contributed by atoms with Gasteiger partial charge in [0.1, 0.15) is 7.85 Å². The Hall–Kier alpha value is 0.202. The maximum absolute atomic E-state index is 6.54. The van der Waals surface area contributed by atoms with E-state index >= 15 is 0 Å². The maximum atomic E-state index is 6.54. The molecule has 2 radical (unpaired) electrons. The van der Waals surface area contributed by atoms with Gasteiger partial charge in [-0.1, -0.05) is 41.5 Å². The molecule has 1 heterocycles. The molecular formula is C15H31BO2Si. The third-order valence-corrected chi connectivity index (χ3v) is 9.92. The van der Waals surface area contributed by atoms with Crippen molar-refractivity contribution in [2.45, 2.75) is 90.2 Å². The highest BCUT2D eigenvalue weighted by Gasteiger charge is 2.52. The number of rotatable bonds is 4. The molecule has 1 fully saturated rings. The van der Waals surface area contributed by atoms with Crippen molar-refractivity contribution in [3.05, 3.63) is 0 Å². The molecule has 0 bridgehead atoms. The monoisotopic (exact) mass is 282 g/mol. The Morgan fingerprint density at radius 3 is 2.00 bits per heavy atom. The zero-order chi connectivity index (χ0) is 15.1. The lowest BCUT2D eigenvalue weighted by Crippen LogP contribution is -2.48. The molecule has 3 atom stereocenters. The van der Waals surface area contributed by atoms with Crippen LogP contribution in [0, 0.1) is 5.92 Å². The van der Waals surface area contributed by atoms with Crippen LogP contribution in [-0.2, 0) is 9.16 Å². The first-order valence-corrected chi connectivity index (χ1v) is 10.5. The molecule has 0 N–H and O–H groups in total. The van der Waals surface area contributed by atoms with Gasteiger partial charge in [-0.2, -0.15) is 0 Å². The predicted molar refractivity (Wildman–Crippen MR) is 85.2 cm³/mol. The first-order valence-electron chi connectivity index (χ1n) is 7.62. The first kappa shape index (κ1) is 17.3. The van der Waals surface area contributed by atoms with Crippen molar-refractivity contribution < 1.29 is 9.16 Å². The van der Waals surface area contributed by atoms with E-state index in [4.69, 9.17) is 17.0 Å². The van der Waals surface area contributed by atoms with Crippen molar-refractivity contribution >= 4 is 16.2 Å². The Morgan fingerprint density at radius 2 is 1.68 bits per heavy atom. The minimum absolute atomic E-state index is 0.0285. The minimum atomic E-state index is -1.80. The van der Waals surface area contributed by atoms with Crippen LogP contribution in [0.25, 0.3) is 0 Å². The molecule has 4 heteroatoms. The minimum Gasteiger partial charge on any atom is -0.412 e. The molecule has 0 spiro atoms. The molecule has 0 amide bonds. The predicted octanol–water partition coefficient (Wildman–Crippen LogP) is 4.10. The fourth-order valence-corrected chi connectivity index (χ4v) is 4.15. The van der Waals surface area contributed by atoms with E-state index in [1.807, 2.05) is 0 Å². The lowest BCUT2D eigenvalue weighted by Gasteiger charge is -2.41. The smallest absolute Gasteiger partial charge is 0.192 e. The Labute approximate surface area is 122 Å². The highest BCUT2D eigenvalue weighted by atomic mass is 28.4. The second-order valence-corrected chi connectivity index (χ2v) is 12.2. The summed E-state index contributed by atoms with van der Waals surface area (Å²) >= 11 is 0. The van der Waals surface area contributed by atoms with Gasteiger partial charge in [0, 0.05) is 11.9 Å². The highest BCUT2D eigenvalue weighted by Crippen LogP contribution is 2.45.